The summed E-state index contributed by atoms with van der Waals surface area (Å²) in [7, 11) is 1.39. The molecule has 1 saturated heterocycles. The first kappa shape index (κ1) is 24.0. The second-order valence-corrected chi connectivity index (χ2v) is 8.98. The van der Waals surface area contributed by atoms with Crippen LogP contribution in [0.1, 0.15) is 15.9 Å². The van der Waals surface area contributed by atoms with Gasteiger partial charge in [0.2, 0.25) is 5.82 Å². The first-order valence-corrected chi connectivity index (χ1v) is 11.9. The summed E-state index contributed by atoms with van der Waals surface area (Å²) in [4.78, 5) is 21.4. The minimum atomic E-state index is -0.481. The van der Waals surface area contributed by atoms with Crippen LogP contribution in [0.5, 0.6) is 5.75 Å². The van der Waals surface area contributed by atoms with E-state index < -0.39 is 5.82 Å². The van der Waals surface area contributed by atoms with Gasteiger partial charge in [-0.2, -0.15) is 4.98 Å². The minimum absolute atomic E-state index is 0.0736. The van der Waals surface area contributed by atoms with Crippen LogP contribution in [0.15, 0.2) is 71.3 Å². The number of halogens is 2. The molecule has 0 bridgehead atoms. The van der Waals surface area contributed by atoms with Crippen LogP contribution in [0.3, 0.4) is 0 Å². The molecule has 0 aliphatic carbocycles. The monoisotopic (exact) mass is 506 g/mol. The molecule has 3 aromatic carbocycles. The van der Waals surface area contributed by atoms with E-state index in [4.69, 9.17) is 20.9 Å². The lowest BCUT2D eigenvalue weighted by Crippen LogP contribution is -2.48. The number of carbonyl (C=O) groups excluding carboxylic acids is 1. The van der Waals surface area contributed by atoms with Gasteiger partial charge in [-0.3, -0.25) is 9.69 Å². The maximum atomic E-state index is 13.7. The largest absolute Gasteiger partial charge is 0.494 e. The van der Waals surface area contributed by atoms with Gasteiger partial charge in [0, 0.05) is 54.4 Å². The summed E-state index contributed by atoms with van der Waals surface area (Å²) < 4.78 is 24.1. The number of aromatic nitrogens is 2. The Morgan fingerprint density at radius 3 is 2.53 bits per heavy atom. The zero-order valence-electron chi connectivity index (χ0n) is 19.7. The Balaban J connectivity index is 1.17. The van der Waals surface area contributed by atoms with Crippen LogP contribution < -0.4 is 4.74 Å². The molecule has 1 aromatic heterocycles. The Hall–Kier alpha value is -3.75. The number of piperazine rings is 1. The average Bonchev–Trinajstić information content (AvgIpc) is 3.40. The molecule has 36 heavy (non-hydrogen) atoms. The third-order valence-electron chi connectivity index (χ3n) is 6.17. The summed E-state index contributed by atoms with van der Waals surface area (Å²) in [6, 6.07) is 19.5. The lowest BCUT2D eigenvalue weighted by atomic mass is 10.1. The van der Waals surface area contributed by atoms with Gasteiger partial charge in [-0.1, -0.05) is 47.1 Å². The highest BCUT2D eigenvalue weighted by atomic mass is 35.5. The number of amides is 1. The van der Waals surface area contributed by atoms with Crippen molar-refractivity contribution in [2.24, 2.45) is 0 Å². The molecule has 1 aliphatic heterocycles. The second-order valence-electron chi connectivity index (χ2n) is 8.55. The third-order valence-corrected chi connectivity index (χ3v) is 6.41. The Morgan fingerprint density at radius 1 is 1.03 bits per heavy atom. The summed E-state index contributed by atoms with van der Waals surface area (Å²) in [6.07, 6.45) is 0. The number of rotatable bonds is 6. The van der Waals surface area contributed by atoms with Crippen molar-refractivity contribution in [3.05, 3.63) is 88.7 Å². The zero-order chi connectivity index (χ0) is 25.1. The maximum Gasteiger partial charge on any atom is 0.258 e. The van der Waals surface area contributed by atoms with E-state index in [1.165, 1.54) is 25.3 Å². The topological polar surface area (TPSA) is 71.7 Å². The van der Waals surface area contributed by atoms with Crippen molar-refractivity contribution >= 4 is 17.5 Å². The van der Waals surface area contributed by atoms with Gasteiger partial charge in [-0.15, -0.1) is 0 Å². The number of hydrogen-bond acceptors (Lipinski definition) is 6. The second kappa shape index (κ2) is 10.5. The third kappa shape index (κ3) is 5.24. The molecule has 1 amide bonds. The SMILES string of the molecule is COc1cc(C(=O)N2CCN(Cc3ccc(-c4noc(-c5cccc(Cl)c5)n4)cc3)CC2)ccc1F. The van der Waals surface area contributed by atoms with Crippen molar-refractivity contribution in [2.45, 2.75) is 6.54 Å². The fourth-order valence-corrected chi connectivity index (χ4v) is 4.37. The quantitative estimate of drug-likeness (QED) is 0.359. The van der Waals surface area contributed by atoms with E-state index in [-0.39, 0.29) is 11.7 Å². The fraction of sp³-hybridized carbons (Fsp3) is 0.222. The zero-order valence-corrected chi connectivity index (χ0v) is 20.4. The lowest BCUT2D eigenvalue weighted by Gasteiger charge is -2.34. The van der Waals surface area contributed by atoms with Crippen LogP contribution in [0.25, 0.3) is 22.8 Å². The van der Waals surface area contributed by atoms with Crippen molar-refractivity contribution in [1.82, 2.24) is 19.9 Å². The van der Waals surface area contributed by atoms with Crippen molar-refractivity contribution in [2.75, 3.05) is 33.3 Å². The van der Waals surface area contributed by atoms with E-state index in [9.17, 15) is 9.18 Å². The molecular formula is C27H24ClFN4O3. The van der Waals surface area contributed by atoms with Gasteiger partial charge in [0.15, 0.2) is 11.6 Å². The van der Waals surface area contributed by atoms with Gasteiger partial charge in [-0.25, -0.2) is 4.39 Å². The predicted octanol–water partition coefficient (Wildman–Crippen LogP) is 5.16. The number of carbonyl (C=O) groups is 1. The van der Waals surface area contributed by atoms with E-state index in [0.29, 0.717) is 35.4 Å². The predicted molar refractivity (Wildman–Crippen MR) is 134 cm³/mol. The van der Waals surface area contributed by atoms with Crippen LogP contribution >= 0.6 is 11.6 Å². The molecule has 4 aromatic rings. The van der Waals surface area contributed by atoms with Crippen molar-refractivity contribution in [3.63, 3.8) is 0 Å². The Labute approximate surface area is 213 Å². The molecule has 9 heteroatoms. The van der Waals surface area contributed by atoms with Gasteiger partial charge in [0.25, 0.3) is 11.8 Å². The molecule has 184 valence electrons. The van der Waals surface area contributed by atoms with Crippen LogP contribution in [0.2, 0.25) is 5.02 Å². The van der Waals surface area contributed by atoms with Crippen LogP contribution in [0, 0.1) is 5.82 Å². The smallest absolute Gasteiger partial charge is 0.258 e. The Morgan fingerprint density at radius 2 is 1.81 bits per heavy atom. The molecule has 5 rings (SSSR count). The molecule has 0 N–H and O–H groups in total. The number of hydrogen-bond donors (Lipinski definition) is 0. The first-order valence-electron chi connectivity index (χ1n) is 11.5. The van der Waals surface area contributed by atoms with Gasteiger partial charge in [-0.05, 0) is 42.0 Å². The van der Waals surface area contributed by atoms with E-state index in [1.54, 1.807) is 17.0 Å². The standard InChI is InChI=1S/C27H24ClFN4O3/c1-35-24-16-21(9-10-23(24)29)27(34)33-13-11-32(12-14-33)17-18-5-7-19(8-6-18)25-30-26(36-31-25)20-3-2-4-22(28)15-20/h2-10,15-16H,11-14,17H2,1H3. The van der Waals surface area contributed by atoms with Gasteiger partial charge >= 0.3 is 0 Å². The molecule has 0 spiro atoms. The molecule has 2 heterocycles. The average molecular weight is 507 g/mol. The number of methoxy groups -OCH3 is 1. The highest BCUT2D eigenvalue weighted by Gasteiger charge is 2.23. The van der Waals surface area contributed by atoms with Crippen LogP contribution in [-0.2, 0) is 6.54 Å². The normalized spacial score (nSPS) is 14.1. The summed E-state index contributed by atoms with van der Waals surface area (Å²) >= 11 is 6.05. The highest BCUT2D eigenvalue weighted by Crippen LogP contribution is 2.25. The lowest BCUT2D eigenvalue weighted by molar-refractivity contribution is 0.0628. The highest BCUT2D eigenvalue weighted by molar-refractivity contribution is 6.30. The first-order chi connectivity index (χ1) is 17.5. The fourth-order valence-electron chi connectivity index (χ4n) is 4.18. The van der Waals surface area contributed by atoms with Crippen molar-refractivity contribution in [3.8, 4) is 28.6 Å². The molecule has 0 saturated carbocycles. The van der Waals surface area contributed by atoms with E-state index in [2.05, 4.69) is 15.0 Å². The molecule has 1 fully saturated rings. The van der Waals surface area contributed by atoms with Crippen LogP contribution in [0.4, 0.5) is 4.39 Å². The number of nitrogens with zero attached hydrogens (tertiary/aromatic N) is 4. The minimum Gasteiger partial charge on any atom is -0.494 e. The van der Waals surface area contributed by atoms with E-state index >= 15 is 0 Å². The summed E-state index contributed by atoms with van der Waals surface area (Å²) in [6.45, 7) is 3.48. The number of benzene rings is 3. The van der Waals surface area contributed by atoms with Crippen LogP contribution in [-0.4, -0.2) is 59.1 Å². The van der Waals surface area contributed by atoms with Gasteiger partial charge in [0.1, 0.15) is 0 Å². The molecular weight excluding hydrogens is 483 g/mol. The summed E-state index contributed by atoms with van der Waals surface area (Å²) in [5.41, 5.74) is 3.22. The molecule has 0 radical (unpaired) electrons. The molecule has 0 atom stereocenters. The molecule has 7 nitrogen and oxygen atoms in total. The summed E-state index contributed by atoms with van der Waals surface area (Å²) in [5.74, 6) is 0.411. The van der Waals surface area contributed by atoms with E-state index in [1.807, 2.05) is 36.4 Å². The van der Waals surface area contributed by atoms with Gasteiger partial charge in [0.05, 0.1) is 7.11 Å². The Kier molecular flexibility index (Phi) is 6.97. The maximum absolute atomic E-state index is 13.7. The molecule has 0 unspecified atom stereocenters. The van der Waals surface area contributed by atoms with E-state index in [0.717, 1.165) is 36.3 Å². The molecule has 1 aliphatic rings. The Bertz CT molecular complexity index is 1370. The van der Waals surface area contributed by atoms with Crippen molar-refractivity contribution < 1.29 is 18.4 Å². The van der Waals surface area contributed by atoms with Gasteiger partial charge < -0.3 is 14.2 Å². The van der Waals surface area contributed by atoms with Crippen molar-refractivity contribution in [1.29, 1.82) is 0 Å². The summed E-state index contributed by atoms with van der Waals surface area (Å²) in [5, 5.41) is 4.71. The number of ether oxygens (including phenoxy) is 1.